The Morgan fingerprint density at radius 3 is 2.79 bits per heavy atom. The van der Waals surface area contributed by atoms with Gasteiger partial charge in [0.2, 0.25) is 5.91 Å². The van der Waals surface area contributed by atoms with E-state index in [-0.39, 0.29) is 17.9 Å². The standard InChI is InChI=1S/C15H20N2O2/c1-3-11(9-16)15(18)17-10(2)14-8-12-6-4-5-7-13(12)19-14/h4-8,10-11H,3,9,16H2,1-2H3,(H,17,18). The number of para-hydroxylation sites is 1. The van der Waals surface area contributed by atoms with E-state index in [1.165, 1.54) is 0 Å². The van der Waals surface area contributed by atoms with Crippen LogP contribution in [0.1, 0.15) is 32.1 Å². The van der Waals surface area contributed by atoms with E-state index in [1.54, 1.807) is 0 Å². The highest BCUT2D eigenvalue weighted by Gasteiger charge is 2.19. The molecule has 0 aliphatic carbocycles. The Balaban J connectivity index is 2.11. The normalized spacial score (nSPS) is 14.3. The predicted molar refractivity (Wildman–Crippen MR) is 75.6 cm³/mol. The van der Waals surface area contributed by atoms with Crippen LogP contribution >= 0.6 is 0 Å². The van der Waals surface area contributed by atoms with Crippen molar-refractivity contribution in [2.24, 2.45) is 11.7 Å². The fourth-order valence-corrected chi connectivity index (χ4v) is 2.08. The van der Waals surface area contributed by atoms with Crippen LogP contribution in [0.15, 0.2) is 34.7 Å². The second kappa shape index (κ2) is 5.89. The van der Waals surface area contributed by atoms with Crippen LogP contribution in [0.4, 0.5) is 0 Å². The van der Waals surface area contributed by atoms with Gasteiger partial charge in [-0.05, 0) is 25.5 Å². The predicted octanol–water partition coefficient (Wildman–Crippen LogP) is 2.59. The number of furan rings is 1. The highest BCUT2D eigenvalue weighted by molar-refractivity contribution is 5.80. The number of hydrogen-bond donors (Lipinski definition) is 2. The van der Waals surface area contributed by atoms with Crippen molar-refractivity contribution in [2.75, 3.05) is 6.54 Å². The zero-order valence-electron chi connectivity index (χ0n) is 11.3. The molecule has 0 saturated heterocycles. The van der Waals surface area contributed by atoms with Gasteiger partial charge in [0.05, 0.1) is 6.04 Å². The summed E-state index contributed by atoms with van der Waals surface area (Å²) in [7, 11) is 0. The molecule has 0 aliphatic rings. The molecule has 4 nitrogen and oxygen atoms in total. The number of hydrogen-bond acceptors (Lipinski definition) is 3. The zero-order valence-corrected chi connectivity index (χ0v) is 11.3. The molecule has 2 aromatic rings. The van der Waals surface area contributed by atoms with E-state index in [0.717, 1.165) is 23.2 Å². The maximum atomic E-state index is 12.0. The lowest BCUT2D eigenvalue weighted by molar-refractivity contribution is -0.125. The van der Waals surface area contributed by atoms with Gasteiger partial charge in [0, 0.05) is 17.8 Å². The summed E-state index contributed by atoms with van der Waals surface area (Å²) in [5.41, 5.74) is 6.41. The van der Waals surface area contributed by atoms with E-state index in [4.69, 9.17) is 10.2 Å². The number of carbonyl (C=O) groups excluding carboxylic acids is 1. The lowest BCUT2D eigenvalue weighted by atomic mass is 10.1. The van der Waals surface area contributed by atoms with Crippen molar-refractivity contribution in [2.45, 2.75) is 26.3 Å². The van der Waals surface area contributed by atoms with Crippen molar-refractivity contribution in [3.8, 4) is 0 Å². The molecule has 1 aromatic heterocycles. The van der Waals surface area contributed by atoms with E-state index in [1.807, 2.05) is 44.2 Å². The van der Waals surface area contributed by atoms with Gasteiger partial charge >= 0.3 is 0 Å². The molecule has 0 fully saturated rings. The lowest BCUT2D eigenvalue weighted by Gasteiger charge is -2.16. The molecule has 1 heterocycles. The molecule has 102 valence electrons. The summed E-state index contributed by atoms with van der Waals surface area (Å²) in [6.07, 6.45) is 0.745. The number of rotatable bonds is 5. The zero-order chi connectivity index (χ0) is 13.8. The summed E-state index contributed by atoms with van der Waals surface area (Å²) in [5, 5.41) is 3.99. The number of nitrogens with two attached hydrogens (primary N) is 1. The van der Waals surface area contributed by atoms with Gasteiger partial charge in [-0.15, -0.1) is 0 Å². The van der Waals surface area contributed by atoms with Crippen LogP contribution in [0.3, 0.4) is 0 Å². The summed E-state index contributed by atoms with van der Waals surface area (Å²) >= 11 is 0. The Hall–Kier alpha value is -1.81. The van der Waals surface area contributed by atoms with Crippen molar-refractivity contribution in [1.82, 2.24) is 5.32 Å². The van der Waals surface area contributed by atoms with Gasteiger partial charge in [0.25, 0.3) is 0 Å². The van der Waals surface area contributed by atoms with Crippen molar-refractivity contribution in [3.63, 3.8) is 0 Å². The fourth-order valence-electron chi connectivity index (χ4n) is 2.08. The van der Waals surface area contributed by atoms with Crippen molar-refractivity contribution in [3.05, 3.63) is 36.1 Å². The molecule has 0 spiro atoms. The monoisotopic (exact) mass is 260 g/mol. The Morgan fingerprint density at radius 1 is 1.42 bits per heavy atom. The minimum atomic E-state index is -0.152. The van der Waals surface area contributed by atoms with Crippen LogP contribution in [0.25, 0.3) is 11.0 Å². The third-order valence-electron chi connectivity index (χ3n) is 3.38. The van der Waals surface area contributed by atoms with Gasteiger partial charge in [-0.3, -0.25) is 4.79 Å². The summed E-state index contributed by atoms with van der Waals surface area (Å²) in [5.74, 6) is 0.617. The highest BCUT2D eigenvalue weighted by Crippen LogP contribution is 2.23. The molecule has 0 aliphatic heterocycles. The fraction of sp³-hybridized carbons (Fsp3) is 0.400. The highest BCUT2D eigenvalue weighted by atomic mass is 16.3. The SMILES string of the molecule is CCC(CN)C(=O)NC(C)c1cc2ccccc2o1. The third kappa shape index (κ3) is 2.96. The minimum absolute atomic E-state index is 0.0158. The maximum Gasteiger partial charge on any atom is 0.224 e. The van der Waals surface area contributed by atoms with E-state index >= 15 is 0 Å². The molecule has 19 heavy (non-hydrogen) atoms. The second-order valence-electron chi connectivity index (χ2n) is 4.76. The Kier molecular flexibility index (Phi) is 4.22. The van der Waals surface area contributed by atoms with Gasteiger partial charge in [-0.2, -0.15) is 0 Å². The average molecular weight is 260 g/mol. The van der Waals surface area contributed by atoms with Crippen molar-refractivity contribution < 1.29 is 9.21 Å². The molecule has 2 atom stereocenters. The largest absolute Gasteiger partial charge is 0.459 e. The van der Waals surface area contributed by atoms with Crippen LogP contribution in [0.2, 0.25) is 0 Å². The van der Waals surface area contributed by atoms with Gasteiger partial charge in [-0.25, -0.2) is 0 Å². The molecule has 1 aromatic carbocycles. The minimum Gasteiger partial charge on any atom is -0.459 e. The molecule has 4 heteroatoms. The topological polar surface area (TPSA) is 68.3 Å². The van der Waals surface area contributed by atoms with Gasteiger partial charge < -0.3 is 15.5 Å². The molecule has 2 rings (SSSR count). The Bertz CT molecular complexity index is 525. The first-order valence-corrected chi connectivity index (χ1v) is 6.64. The summed E-state index contributed by atoms with van der Waals surface area (Å²) in [6.45, 7) is 4.25. The molecule has 0 radical (unpaired) electrons. The number of fused-ring (bicyclic) bond motifs is 1. The van der Waals surface area contributed by atoms with Gasteiger partial charge in [0.15, 0.2) is 0 Å². The van der Waals surface area contributed by atoms with Crippen LogP contribution in [0.5, 0.6) is 0 Å². The van der Waals surface area contributed by atoms with E-state index < -0.39 is 0 Å². The van der Waals surface area contributed by atoms with Crippen LogP contribution in [0, 0.1) is 5.92 Å². The maximum absolute atomic E-state index is 12.0. The summed E-state index contributed by atoms with van der Waals surface area (Å²) < 4.78 is 5.73. The van der Waals surface area contributed by atoms with E-state index in [2.05, 4.69) is 5.32 Å². The quantitative estimate of drug-likeness (QED) is 0.868. The van der Waals surface area contributed by atoms with Crippen LogP contribution in [-0.2, 0) is 4.79 Å². The Morgan fingerprint density at radius 2 is 2.16 bits per heavy atom. The molecule has 0 bridgehead atoms. The summed E-state index contributed by atoms with van der Waals surface area (Å²) in [4.78, 5) is 12.0. The Labute approximate surface area is 113 Å². The molecular formula is C15H20N2O2. The molecule has 2 unspecified atom stereocenters. The number of nitrogens with one attached hydrogen (secondary N) is 1. The van der Waals surface area contributed by atoms with Gasteiger partial charge in [0.1, 0.15) is 11.3 Å². The first-order chi connectivity index (χ1) is 9.15. The number of benzene rings is 1. The second-order valence-corrected chi connectivity index (χ2v) is 4.76. The van der Waals surface area contributed by atoms with Crippen molar-refractivity contribution in [1.29, 1.82) is 0 Å². The molecule has 1 amide bonds. The lowest BCUT2D eigenvalue weighted by Crippen LogP contribution is -2.36. The van der Waals surface area contributed by atoms with Gasteiger partial charge in [-0.1, -0.05) is 25.1 Å². The number of carbonyl (C=O) groups is 1. The van der Waals surface area contributed by atoms with E-state index in [9.17, 15) is 4.79 Å². The van der Waals surface area contributed by atoms with Crippen molar-refractivity contribution >= 4 is 16.9 Å². The first kappa shape index (κ1) is 13.6. The molecule has 0 saturated carbocycles. The first-order valence-electron chi connectivity index (χ1n) is 6.64. The van der Waals surface area contributed by atoms with E-state index in [0.29, 0.717) is 6.54 Å². The summed E-state index contributed by atoms with van der Waals surface area (Å²) in [6, 6.07) is 9.62. The molecule has 3 N–H and O–H groups in total. The molecular weight excluding hydrogens is 240 g/mol. The third-order valence-corrected chi connectivity index (χ3v) is 3.38. The van der Waals surface area contributed by atoms with Crippen LogP contribution in [-0.4, -0.2) is 12.5 Å². The van der Waals surface area contributed by atoms with Crippen LogP contribution < -0.4 is 11.1 Å². The smallest absolute Gasteiger partial charge is 0.224 e. The average Bonchev–Trinajstić information content (AvgIpc) is 2.84. The number of amides is 1.